The Hall–Kier alpha value is -2.63. The summed E-state index contributed by atoms with van der Waals surface area (Å²) in [6.45, 7) is 2.71. The van der Waals surface area contributed by atoms with Gasteiger partial charge in [-0.1, -0.05) is 12.1 Å². The Morgan fingerprint density at radius 2 is 2.04 bits per heavy atom. The first kappa shape index (κ1) is 16.2. The van der Waals surface area contributed by atoms with Crippen molar-refractivity contribution in [2.45, 2.75) is 19.4 Å². The lowest BCUT2D eigenvalue weighted by molar-refractivity contribution is 0.0767. The van der Waals surface area contributed by atoms with Crippen LogP contribution in [0.2, 0.25) is 0 Å². The number of hydrogen-bond acceptors (Lipinski definition) is 3. The predicted molar refractivity (Wildman–Crippen MR) is 87.8 cm³/mol. The van der Waals surface area contributed by atoms with Gasteiger partial charge in [0.2, 0.25) is 0 Å². The van der Waals surface area contributed by atoms with Crippen LogP contribution in [0.25, 0.3) is 0 Å². The van der Waals surface area contributed by atoms with Crippen LogP contribution in [0.3, 0.4) is 0 Å². The van der Waals surface area contributed by atoms with Gasteiger partial charge in [-0.15, -0.1) is 0 Å². The summed E-state index contributed by atoms with van der Waals surface area (Å²) in [6, 6.07) is 9.19. The van der Waals surface area contributed by atoms with Crippen molar-refractivity contribution in [2.75, 3.05) is 13.1 Å². The molecule has 24 heavy (non-hydrogen) atoms. The topological polar surface area (TPSA) is 51.5 Å². The standard InChI is InChI=1S/C18H19FN2O3/c1-12-9-14(10-17(22)20(12)2)24-13-7-8-21(11-13)18(23)15-5-3-4-6-16(15)19/h3-6,9-10,13H,7-8,11H2,1-2H3. The van der Waals surface area contributed by atoms with Crippen molar-refractivity contribution >= 4 is 5.91 Å². The van der Waals surface area contributed by atoms with Crippen molar-refractivity contribution in [3.63, 3.8) is 0 Å². The largest absolute Gasteiger partial charge is 0.488 e. The number of halogens is 1. The first-order chi connectivity index (χ1) is 11.5. The van der Waals surface area contributed by atoms with Crippen molar-refractivity contribution in [3.05, 3.63) is 63.8 Å². The maximum atomic E-state index is 13.7. The van der Waals surface area contributed by atoms with Crippen LogP contribution in [0.1, 0.15) is 22.5 Å². The van der Waals surface area contributed by atoms with Crippen molar-refractivity contribution < 1.29 is 13.9 Å². The number of nitrogens with zero attached hydrogens (tertiary/aromatic N) is 2. The molecule has 1 unspecified atom stereocenters. The van der Waals surface area contributed by atoms with E-state index in [1.54, 1.807) is 30.1 Å². The molecule has 1 fully saturated rings. The van der Waals surface area contributed by atoms with Crippen LogP contribution < -0.4 is 10.3 Å². The molecule has 1 atom stereocenters. The molecule has 6 heteroatoms. The lowest BCUT2D eigenvalue weighted by Crippen LogP contribution is -2.31. The molecule has 0 aliphatic carbocycles. The molecule has 1 aliphatic rings. The normalized spacial score (nSPS) is 17.1. The number of aromatic nitrogens is 1. The van der Waals surface area contributed by atoms with Gasteiger partial charge in [-0.05, 0) is 25.1 Å². The minimum Gasteiger partial charge on any atom is -0.488 e. The molecule has 3 rings (SSSR count). The Kier molecular flexibility index (Phi) is 4.38. The van der Waals surface area contributed by atoms with Gasteiger partial charge < -0.3 is 14.2 Å². The summed E-state index contributed by atoms with van der Waals surface area (Å²) in [5.41, 5.74) is 0.736. The molecule has 5 nitrogen and oxygen atoms in total. The van der Waals surface area contributed by atoms with Gasteiger partial charge in [-0.3, -0.25) is 9.59 Å². The van der Waals surface area contributed by atoms with E-state index in [4.69, 9.17) is 4.74 Å². The number of carbonyl (C=O) groups is 1. The predicted octanol–water partition coefficient (Wildman–Crippen LogP) is 2.13. The molecule has 1 aromatic heterocycles. The highest BCUT2D eigenvalue weighted by atomic mass is 19.1. The zero-order chi connectivity index (χ0) is 17.3. The third-order valence-electron chi connectivity index (χ3n) is 4.32. The first-order valence-electron chi connectivity index (χ1n) is 7.84. The number of carbonyl (C=O) groups excluding carboxylic acids is 1. The molecule has 2 heterocycles. The lowest BCUT2D eigenvalue weighted by Gasteiger charge is -2.18. The number of likely N-dealkylation sites (tertiary alicyclic amines) is 1. The van der Waals surface area contributed by atoms with Crippen molar-refractivity contribution in [2.24, 2.45) is 7.05 Å². The molecule has 0 bridgehead atoms. The van der Waals surface area contributed by atoms with Crippen LogP contribution in [0.5, 0.6) is 5.75 Å². The van der Waals surface area contributed by atoms with Gasteiger partial charge in [0.15, 0.2) is 0 Å². The number of hydrogen-bond donors (Lipinski definition) is 0. The second kappa shape index (κ2) is 6.47. The lowest BCUT2D eigenvalue weighted by atomic mass is 10.2. The third-order valence-corrected chi connectivity index (χ3v) is 4.32. The highest BCUT2D eigenvalue weighted by Crippen LogP contribution is 2.20. The first-order valence-corrected chi connectivity index (χ1v) is 7.84. The second-order valence-corrected chi connectivity index (χ2v) is 5.99. The SMILES string of the molecule is Cc1cc(OC2CCN(C(=O)c3ccccc3F)C2)cc(=O)n1C. The fourth-order valence-electron chi connectivity index (χ4n) is 2.81. The zero-order valence-electron chi connectivity index (χ0n) is 13.7. The van der Waals surface area contributed by atoms with E-state index in [1.807, 2.05) is 6.92 Å². The monoisotopic (exact) mass is 330 g/mol. The van der Waals surface area contributed by atoms with Crippen LogP contribution in [-0.2, 0) is 7.05 Å². The van der Waals surface area contributed by atoms with Gasteiger partial charge in [0, 0.05) is 31.8 Å². The number of ether oxygens (including phenoxy) is 1. The van der Waals surface area contributed by atoms with Crippen LogP contribution >= 0.6 is 0 Å². The zero-order valence-corrected chi connectivity index (χ0v) is 13.7. The molecular formula is C18H19FN2O3. The number of pyridine rings is 1. The Bertz CT molecular complexity index is 831. The average molecular weight is 330 g/mol. The van der Waals surface area contributed by atoms with E-state index in [2.05, 4.69) is 0 Å². The van der Waals surface area contributed by atoms with E-state index >= 15 is 0 Å². The maximum absolute atomic E-state index is 13.7. The Morgan fingerprint density at radius 1 is 1.29 bits per heavy atom. The van der Waals surface area contributed by atoms with Crippen LogP contribution in [0, 0.1) is 12.7 Å². The third kappa shape index (κ3) is 3.18. The summed E-state index contributed by atoms with van der Waals surface area (Å²) in [4.78, 5) is 25.8. The van der Waals surface area contributed by atoms with E-state index in [0.717, 1.165) is 5.69 Å². The molecule has 0 radical (unpaired) electrons. The molecule has 0 spiro atoms. The van der Waals surface area contributed by atoms with Gasteiger partial charge >= 0.3 is 0 Å². The smallest absolute Gasteiger partial charge is 0.256 e. The summed E-state index contributed by atoms with van der Waals surface area (Å²) < 4.78 is 21.1. The molecule has 1 aromatic carbocycles. The minimum absolute atomic E-state index is 0.0718. The van der Waals surface area contributed by atoms with Crippen molar-refractivity contribution in [3.8, 4) is 5.75 Å². The van der Waals surface area contributed by atoms with E-state index in [9.17, 15) is 14.0 Å². The Labute approximate surface area is 139 Å². The van der Waals surface area contributed by atoms with E-state index in [0.29, 0.717) is 25.3 Å². The summed E-state index contributed by atoms with van der Waals surface area (Å²) >= 11 is 0. The second-order valence-electron chi connectivity index (χ2n) is 5.99. The average Bonchev–Trinajstić information content (AvgIpc) is 3.01. The number of benzene rings is 1. The molecule has 1 amide bonds. The number of amides is 1. The molecule has 126 valence electrons. The van der Waals surface area contributed by atoms with Crippen molar-refractivity contribution in [1.82, 2.24) is 9.47 Å². The van der Waals surface area contributed by atoms with Gasteiger partial charge in [0.25, 0.3) is 11.5 Å². The van der Waals surface area contributed by atoms with Crippen LogP contribution in [0.4, 0.5) is 4.39 Å². The summed E-state index contributed by atoms with van der Waals surface area (Å²) in [6.07, 6.45) is 0.446. The minimum atomic E-state index is -0.519. The Morgan fingerprint density at radius 3 is 2.75 bits per heavy atom. The van der Waals surface area contributed by atoms with Crippen LogP contribution in [0.15, 0.2) is 41.2 Å². The Balaban J connectivity index is 1.69. The van der Waals surface area contributed by atoms with E-state index in [1.165, 1.54) is 22.8 Å². The molecule has 2 aromatic rings. The fraction of sp³-hybridized carbons (Fsp3) is 0.333. The van der Waals surface area contributed by atoms with Gasteiger partial charge in [-0.2, -0.15) is 0 Å². The van der Waals surface area contributed by atoms with Gasteiger partial charge in [0.05, 0.1) is 12.1 Å². The maximum Gasteiger partial charge on any atom is 0.256 e. The highest BCUT2D eigenvalue weighted by molar-refractivity contribution is 5.94. The van der Waals surface area contributed by atoms with Gasteiger partial charge in [-0.25, -0.2) is 4.39 Å². The fourth-order valence-corrected chi connectivity index (χ4v) is 2.81. The van der Waals surface area contributed by atoms with E-state index in [-0.39, 0.29) is 23.1 Å². The summed E-state index contributed by atoms with van der Waals surface area (Å²) in [5, 5.41) is 0. The number of aryl methyl sites for hydroxylation is 1. The number of rotatable bonds is 3. The molecule has 1 aliphatic heterocycles. The summed E-state index contributed by atoms with van der Waals surface area (Å²) in [7, 11) is 1.70. The van der Waals surface area contributed by atoms with Crippen LogP contribution in [-0.4, -0.2) is 34.6 Å². The summed E-state index contributed by atoms with van der Waals surface area (Å²) in [5.74, 6) is -0.353. The van der Waals surface area contributed by atoms with E-state index < -0.39 is 5.82 Å². The molecule has 0 saturated carbocycles. The van der Waals surface area contributed by atoms with Crippen molar-refractivity contribution in [1.29, 1.82) is 0 Å². The molecular weight excluding hydrogens is 311 g/mol. The molecule has 0 N–H and O–H groups in total. The quantitative estimate of drug-likeness (QED) is 0.866. The highest BCUT2D eigenvalue weighted by Gasteiger charge is 2.29. The molecule has 1 saturated heterocycles. The van der Waals surface area contributed by atoms with Gasteiger partial charge in [0.1, 0.15) is 17.7 Å².